The van der Waals surface area contributed by atoms with Crippen molar-refractivity contribution in [1.82, 2.24) is 15.0 Å². The molecule has 0 aliphatic rings. The number of fused-ring (bicyclic) bond motifs is 1. The van der Waals surface area contributed by atoms with E-state index in [0.717, 1.165) is 11.3 Å². The smallest absolute Gasteiger partial charge is 0.265 e. The standard InChI is InChI=1S/C22H17Cl3N4O2/c1-12-9-19-20(28-29(27-19)16-6-3-14(23)4-7-16)11-18(12)26-22(30)13(2)31-21-8-5-15(24)10-17(21)25/h3-11,13H,1-2H3,(H,26,30)/t13-/m1/s1. The van der Waals surface area contributed by atoms with Crippen LogP contribution in [-0.2, 0) is 4.79 Å². The minimum Gasteiger partial charge on any atom is -0.479 e. The van der Waals surface area contributed by atoms with Crippen molar-refractivity contribution >= 4 is 57.4 Å². The number of hydrogen-bond acceptors (Lipinski definition) is 4. The highest BCUT2D eigenvalue weighted by atomic mass is 35.5. The molecule has 0 radical (unpaired) electrons. The summed E-state index contributed by atoms with van der Waals surface area (Å²) in [5.74, 6) is 0.0605. The molecule has 1 atom stereocenters. The third kappa shape index (κ3) is 4.77. The second-order valence-corrected chi connectivity index (χ2v) is 8.23. The van der Waals surface area contributed by atoms with Crippen LogP contribution in [0.3, 0.4) is 0 Å². The molecule has 0 fully saturated rings. The molecular formula is C22H17Cl3N4O2. The summed E-state index contributed by atoms with van der Waals surface area (Å²) in [5, 5.41) is 13.4. The molecule has 0 aliphatic carbocycles. The van der Waals surface area contributed by atoms with Crippen molar-refractivity contribution in [3.05, 3.63) is 75.2 Å². The van der Waals surface area contributed by atoms with E-state index >= 15 is 0 Å². The first-order valence-corrected chi connectivity index (χ1v) is 10.5. The Balaban J connectivity index is 1.53. The third-order valence-corrected chi connectivity index (χ3v) is 5.39. The Bertz CT molecular complexity index is 1270. The lowest BCUT2D eigenvalue weighted by molar-refractivity contribution is -0.122. The van der Waals surface area contributed by atoms with E-state index in [9.17, 15) is 4.79 Å². The predicted octanol–water partition coefficient (Wildman–Crippen LogP) is 6.10. The summed E-state index contributed by atoms with van der Waals surface area (Å²) in [6, 6.07) is 15.7. The highest BCUT2D eigenvalue weighted by molar-refractivity contribution is 6.35. The first-order valence-electron chi connectivity index (χ1n) is 9.36. The van der Waals surface area contributed by atoms with Crippen LogP contribution in [-0.4, -0.2) is 27.0 Å². The zero-order valence-electron chi connectivity index (χ0n) is 16.6. The van der Waals surface area contributed by atoms with E-state index in [1.54, 1.807) is 43.3 Å². The summed E-state index contributed by atoms with van der Waals surface area (Å²) in [7, 11) is 0. The summed E-state index contributed by atoms with van der Waals surface area (Å²) in [4.78, 5) is 14.2. The molecule has 1 N–H and O–H groups in total. The normalized spacial score (nSPS) is 12.0. The van der Waals surface area contributed by atoms with Crippen molar-refractivity contribution in [3.8, 4) is 11.4 Å². The first kappa shape index (κ1) is 21.4. The second-order valence-electron chi connectivity index (χ2n) is 6.95. The molecule has 31 heavy (non-hydrogen) atoms. The van der Waals surface area contributed by atoms with Gasteiger partial charge in [0.25, 0.3) is 5.91 Å². The van der Waals surface area contributed by atoms with E-state index in [0.29, 0.717) is 37.5 Å². The van der Waals surface area contributed by atoms with Crippen molar-refractivity contribution < 1.29 is 9.53 Å². The molecule has 6 nitrogen and oxygen atoms in total. The van der Waals surface area contributed by atoms with Crippen molar-refractivity contribution in [2.24, 2.45) is 0 Å². The lowest BCUT2D eigenvalue weighted by Gasteiger charge is -2.16. The van der Waals surface area contributed by atoms with Crippen molar-refractivity contribution in [3.63, 3.8) is 0 Å². The number of ether oxygens (including phenoxy) is 1. The first-order chi connectivity index (χ1) is 14.8. The number of nitrogens with one attached hydrogen (secondary N) is 1. The number of halogens is 3. The fourth-order valence-corrected chi connectivity index (χ4v) is 3.52. The number of carbonyl (C=O) groups excluding carboxylic acids is 1. The number of aromatic nitrogens is 3. The SMILES string of the molecule is Cc1cc2nn(-c3ccc(Cl)cc3)nc2cc1NC(=O)[C@@H](C)Oc1ccc(Cl)cc1Cl. The van der Waals surface area contributed by atoms with Gasteiger partial charge in [-0.15, -0.1) is 10.2 Å². The van der Waals surface area contributed by atoms with Crippen LogP contribution in [0.1, 0.15) is 12.5 Å². The average molecular weight is 476 g/mol. The van der Waals surface area contributed by atoms with Crippen LogP contribution in [0, 0.1) is 6.92 Å². The molecule has 0 unspecified atom stereocenters. The molecule has 0 spiro atoms. The maximum Gasteiger partial charge on any atom is 0.265 e. The van der Waals surface area contributed by atoms with Crippen LogP contribution in [0.15, 0.2) is 54.6 Å². The number of benzene rings is 3. The van der Waals surface area contributed by atoms with E-state index in [-0.39, 0.29) is 5.91 Å². The molecule has 1 amide bonds. The zero-order chi connectivity index (χ0) is 22.1. The maximum absolute atomic E-state index is 12.7. The molecule has 1 heterocycles. The number of hydrogen-bond donors (Lipinski definition) is 1. The molecule has 0 aliphatic heterocycles. The van der Waals surface area contributed by atoms with Gasteiger partial charge >= 0.3 is 0 Å². The van der Waals surface area contributed by atoms with Crippen molar-refractivity contribution in [2.45, 2.75) is 20.0 Å². The number of nitrogens with zero attached hydrogens (tertiary/aromatic N) is 3. The van der Waals surface area contributed by atoms with Crippen LogP contribution in [0.2, 0.25) is 15.1 Å². The summed E-state index contributed by atoms with van der Waals surface area (Å²) < 4.78 is 5.69. The minimum absolute atomic E-state index is 0.321. The molecule has 9 heteroatoms. The van der Waals surface area contributed by atoms with Gasteiger partial charge in [0.1, 0.15) is 16.8 Å². The maximum atomic E-state index is 12.7. The second kappa shape index (κ2) is 8.75. The van der Waals surface area contributed by atoms with Gasteiger partial charge in [0.05, 0.1) is 10.7 Å². The van der Waals surface area contributed by atoms with Crippen LogP contribution in [0.4, 0.5) is 5.69 Å². The van der Waals surface area contributed by atoms with Crippen LogP contribution >= 0.6 is 34.8 Å². The molecule has 158 valence electrons. The molecule has 0 saturated heterocycles. The number of aryl methyl sites for hydroxylation is 1. The van der Waals surface area contributed by atoms with Gasteiger partial charge < -0.3 is 10.1 Å². The molecular weight excluding hydrogens is 459 g/mol. The fourth-order valence-electron chi connectivity index (χ4n) is 2.94. The van der Waals surface area contributed by atoms with Crippen LogP contribution in [0.5, 0.6) is 5.75 Å². The zero-order valence-corrected chi connectivity index (χ0v) is 18.8. The van der Waals surface area contributed by atoms with E-state index in [2.05, 4.69) is 15.5 Å². The van der Waals surface area contributed by atoms with Crippen LogP contribution < -0.4 is 10.1 Å². The van der Waals surface area contributed by atoms with E-state index in [1.807, 2.05) is 25.1 Å². The summed E-state index contributed by atoms with van der Waals surface area (Å²) in [6.07, 6.45) is -0.779. The molecule has 1 aromatic heterocycles. The fraction of sp³-hybridized carbons (Fsp3) is 0.136. The monoisotopic (exact) mass is 474 g/mol. The average Bonchev–Trinajstić information content (AvgIpc) is 3.13. The topological polar surface area (TPSA) is 69.0 Å². The number of rotatable bonds is 5. The molecule has 3 aromatic carbocycles. The Morgan fingerprint density at radius 1 is 0.968 bits per heavy atom. The van der Waals surface area contributed by atoms with E-state index in [1.165, 1.54) is 4.80 Å². The van der Waals surface area contributed by atoms with Gasteiger partial charge in [-0.25, -0.2) is 0 Å². The van der Waals surface area contributed by atoms with Gasteiger partial charge in [0.2, 0.25) is 0 Å². The Hall–Kier alpha value is -2.80. The quantitative estimate of drug-likeness (QED) is 0.379. The van der Waals surface area contributed by atoms with Gasteiger partial charge in [0, 0.05) is 15.7 Å². The minimum atomic E-state index is -0.779. The molecule has 0 bridgehead atoms. The summed E-state index contributed by atoms with van der Waals surface area (Å²) >= 11 is 18.0. The van der Waals surface area contributed by atoms with E-state index < -0.39 is 6.10 Å². The Kier molecular flexibility index (Phi) is 6.05. The summed E-state index contributed by atoms with van der Waals surface area (Å²) in [6.45, 7) is 3.53. The Morgan fingerprint density at radius 3 is 2.29 bits per heavy atom. The molecule has 4 rings (SSSR count). The highest BCUT2D eigenvalue weighted by Gasteiger charge is 2.18. The number of amides is 1. The van der Waals surface area contributed by atoms with Gasteiger partial charge in [-0.2, -0.15) is 4.80 Å². The van der Waals surface area contributed by atoms with Gasteiger partial charge in [0.15, 0.2) is 6.10 Å². The molecule has 4 aromatic rings. The Morgan fingerprint density at radius 2 is 1.61 bits per heavy atom. The Labute approximate surface area is 193 Å². The molecule has 0 saturated carbocycles. The third-order valence-electron chi connectivity index (χ3n) is 4.61. The highest BCUT2D eigenvalue weighted by Crippen LogP contribution is 2.29. The van der Waals surface area contributed by atoms with Gasteiger partial charge in [-0.05, 0) is 74.0 Å². The predicted molar refractivity (Wildman–Crippen MR) is 124 cm³/mol. The van der Waals surface area contributed by atoms with Crippen LogP contribution in [0.25, 0.3) is 16.7 Å². The number of anilines is 1. The van der Waals surface area contributed by atoms with Crippen molar-refractivity contribution in [2.75, 3.05) is 5.32 Å². The van der Waals surface area contributed by atoms with Crippen molar-refractivity contribution in [1.29, 1.82) is 0 Å². The van der Waals surface area contributed by atoms with E-state index in [4.69, 9.17) is 39.5 Å². The lowest BCUT2D eigenvalue weighted by atomic mass is 10.1. The largest absolute Gasteiger partial charge is 0.479 e. The van der Waals surface area contributed by atoms with Gasteiger partial charge in [-0.1, -0.05) is 34.8 Å². The number of carbonyl (C=O) groups is 1. The lowest BCUT2D eigenvalue weighted by Crippen LogP contribution is -2.30. The van der Waals surface area contributed by atoms with Gasteiger partial charge in [-0.3, -0.25) is 4.79 Å². The summed E-state index contributed by atoms with van der Waals surface area (Å²) in [5.41, 5.74) is 3.61.